The lowest BCUT2D eigenvalue weighted by Crippen LogP contribution is -2.44. The van der Waals surface area contributed by atoms with Crippen molar-refractivity contribution in [2.75, 3.05) is 0 Å². The first kappa shape index (κ1) is 9.42. The molecule has 0 bridgehead atoms. The van der Waals surface area contributed by atoms with Crippen molar-refractivity contribution in [2.24, 2.45) is 0 Å². The van der Waals surface area contributed by atoms with E-state index in [0.29, 0.717) is 0 Å². The van der Waals surface area contributed by atoms with Crippen molar-refractivity contribution in [3.63, 3.8) is 0 Å². The van der Waals surface area contributed by atoms with E-state index in [1.807, 2.05) is 44.2 Å². The molecular weight excluding hydrogens is 169 g/mol. The van der Waals surface area contributed by atoms with Gasteiger partial charge in [-0.25, -0.2) is 0 Å². The van der Waals surface area contributed by atoms with Gasteiger partial charge in [0.1, 0.15) is 0 Å². The highest BCUT2D eigenvalue weighted by Gasteiger charge is 2.14. The molecule has 0 heterocycles. The summed E-state index contributed by atoms with van der Waals surface area (Å²) in [6, 6.07) is 9.48. The molecule has 0 saturated carbocycles. The van der Waals surface area contributed by atoms with Crippen molar-refractivity contribution < 1.29 is 4.11 Å². The Labute approximate surface area is 74.5 Å². The van der Waals surface area contributed by atoms with Crippen LogP contribution in [0.5, 0.6) is 0 Å². The number of benzene rings is 1. The molecule has 1 radical (unpaired) electrons. The molecule has 0 unspecified atom stereocenters. The molecule has 1 nitrogen and oxygen atoms in total. The maximum Gasteiger partial charge on any atom is 0.393 e. The summed E-state index contributed by atoms with van der Waals surface area (Å²) < 4.78 is 13.4. The zero-order valence-corrected chi connectivity index (χ0v) is 8.34. The van der Waals surface area contributed by atoms with E-state index >= 15 is 0 Å². The summed E-state index contributed by atoms with van der Waals surface area (Å²) in [4.78, 5) is 2.89. The van der Waals surface area contributed by atoms with E-state index in [9.17, 15) is 4.11 Å². The molecule has 12 heavy (non-hydrogen) atoms. The molecule has 0 aliphatic rings. The van der Waals surface area contributed by atoms with E-state index in [4.69, 9.17) is 0 Å². The molecular formula is C9H13FNSi. The molecule has 0 aliphatic heterocycles. The van der Waals surface area contributed by atoms with Gasteiger partial charge in [-0.3, -0.25) is 4.11 Å². The van der Waals surface area contributed by atoms with Gasteiger partial charge in [-0.15, -0.1) is 0 Å². The number of nitrogens with one attached hydrogen (secondary N) is 1. The quantitative estimate of drug-likeness (QED) is 0.549. The molecule has 0 fully saturated rings. The molecule has 0 aromatic heterocycles. The monoisotopic (exact) mass is 182 g/mol. The van der Waals surface area contributed by atoms with E-state index in [1.165, 1.54) is 0 Å². The molecule has 65 valence electrons. The summed E-state index contributed by atoms with van der Waals surface area (Å²) in [5, 5.41) is 0.788. The van der Waals surface area contributed by atoms with Gasteiger partial charge in [0, 0.05) is 0 Å². The molecule has 0 spiro atoms. The smallest absolute Gasteiger partial charge is 0.306 e. The minimum atomic E-state index is -2.02. The van der Waals surface area contributed by atoms with Gasteiger partial charge in [0.05, 0.1) is 0 Å². The fraction of sp³-hybridized carbons (Fsp3) is 0.333. The normalized spacial score (nSPS) is 11.1. The van der Waals surface area contributed by atoms with Crippen molar-refractivity contribution >= 4 is 14.5 Å². The first-order valence-electron chi connectivity index (χ1n) is 4.04. The topological polar surface area (TPSA) is 12.0 Å². The van der Waals surface area contributed by atoms with Gasteiger partial charge >= 0.3 is 9.29 Å². The molecule has 1 N–H and O–H groups in total. The second kappa shape index (κ2) is 4.38. The highest BCUT2D eigenvalue weighted by Crippen LogP contribution is 1.88. The van der Waals surface area contributed by atoms with E-state index in [0.717, 1.165) is 5.19 Å². The lowest BCUT2D eigenvalue weighted by molar-refractivity contribution is 0.688. The molecule has 0 atom stereocenters. The van der Waals surface area contributed by atoms with Gasteiger partial charge in [0.25, 0.3) is 0 Å². The van der Waals surface area contributed by atoms with Crippen LogP contribution in [-0.2, 0) is 0 Å². The van der Waals surface area contributed by atoms with Crippen LogP contribution < -0.4 is 10.2 Å². The molecule has 0 amide bonds. The summed E-state index contributed by atoms with van der Waals surface area (Å²) >= 11 is 0. The average Bonchev–Trinajstić information content (AvgIpc) is 2.05. The number of halogens is 1. The van der Waals surface area contributed by atoms with Gasteiger partial charge < -0.3 is 4.98 Å². The second-order valence-corrected chi connectivity index (χ2v) is 4.47. The van der Waals surface area contributed by atoms with Gasteiger partial charge in [-0.2, -0.15) is 0 Å². The van der Waals surface area contributed by atoms with Crippen LogP contribution in [0.25, 0.3) is 0 Å². The molecule has 0 aliphatic carbocycles. The van der Waals surface area contributed by atoms with Crippen molar-refractivity contribution in [3.05, 3.63) is 30.3 Å². The van der Waals surface area contributed by atoms with Crippen molar-refractivity contribution in [2.45, 2.75) is 19.9 Å². The minimum Gasteiger partial charge on any atom is -0.306 e. The lowest BCUT2D eigenvalue weighted by Gasteiger charge is -2.09. The highest BCUT2D eigenvalue weighted by molar-refractivity contribution is 6.64. The van der Waals surface area contributed by atoms with Crippen LogP contribution in [0.3, 0.4) is 0 Å². The molecule has 1 aromatic carbocycles. The van der Waals surface area contributed by atoms with Crippen LogP contribution in [0.4, 0.5) is 4.11 Å². The Hall–Kier alpha value is -0.673. The zero-order valence-electron chi connectivity index (χ0n) is 7.34. The maximum atomic E-state index is 13.4. The van der Waals surface area contributed by atoms with E-state index in [-0.39, 0.29) is 6.04 Å². The third-order valence-corrected chi connectivity index (χ3v) is 3.11. The summed E-state index contributed by atoms with van der Waals surface area (Å²) in [5.41, 5.74) is 0. The number of hydrogen-bond donors (Lipinski definition) is 1. The fourth-order valence-corrected chi connectivity index (χ4v) is 2.08. The summed E-state index contributed by atoms with van der Waals surface area (Å²) in [6.45, 7) is 3.90. The summed E-state index contributed by atoms with van der Waals surface area (Å²) in [7, 11) is -2.02. The van der Waals surface area contributed by atoms with Crippen LogP contribution in [0.1, 0.15) is 13.8 Å². The van der Waals surface area contributed by atoms with Crippen LogP contribution >= 0.6 is 0 Å². The lowest BCUT2D eigenvalue weighted by atomic mass is 10.4. The van der Waals surface area contributed by atoms with Crippen molar-refractivity contribution in [1.29, 1.82) is 0 Å². The first-order chi connectivity index (χ1) is 5.70. The largest absolute Gasteiger partial charge is 0.393 e. The fourth-order valence-electron chi connectivity index (χ4n) is 0.921. The second-order valence-electron chi connectivity index (χ2n) is 2.98. The van der Waals surface area contributed by atoms with E-state index < -0.39 is 9.29 Å². The predicted molar refractivity (Wildman–Crippen MR) is 51.2 cm³/mol. The Bertz CT molecular complexity index is 225. The Morgan fingerprint density at radius 3 is 2.33 bits per heavy atom. The van der Waals surface area contributed by atoms with Crippen LogP contribution in [0, 0.1) is 0 Å². The van der Waals surface area contributed by atoms with Gasteiger partial charge in [0.15, 0.2) is 0 Å². The highest BCUT2D eigenvalue weighted by atomic mass is 28.3. The molecule has 1 aromatic rings. The third kappa shape index (κ3) is 2.75. The number of hydrogen-bond acceptors (Lipinski definition) is 1. The third-order valence-electron chi connectivity index (χ3n) is 1.44. The Kier molecular flexibility index (Phi) is 3.43. The van der Waals surface area contributed by atoms with Crippen molar-refractivity contribution in [1.82, 2.24) is 4.98 Å². The Morgan fingerprint density at radius 2 is 1.83 bits per heavy atom. The van der Waals surface area contributed by atoms with Gasteiger partial charge in [-0.1, -0.05) is 44.2 Å². The molecule has 3 heteroatoms. The summed E-state index contributed by atoms with van der Waals surface area (Å²) in [6.07, 6.45) is 0. The first-order valence-corrected chi connectivity index (χ1v) is 5.42. The van der Waals surface area contributed by atoms with Crippen molar-refractivity contribution in [3.8, 4) is 0 Å². The predicted octanol–water partition coefficient (Wildman–Crippen LogP) is 1.35. The van der Waals surface area contributed by atoms with E-state index in [2.05, 4.69) is 4.98 Å². The summed E-state index contributed by atoms with van der Waals surface area (Å²) in [5.74, 6) is 0. The average molecular weight is 182 g/mol. The van der Waals surface area contributed by atoms with E-state index in [1.54, 1.807) is 0 Å². The van der Waals surface area contributed by atoms with Gasteiger partial charge in [-0.05, 0) is 11.2 Å². The maximum absolute atomic E-state index is 13.4. The zero-order chi connectivity index (χ0) is 8.97. The molecule has 0 saturated heterocycles. The van der Waals surface area contributed by atoms with Crippen LogP contribution in [0.2, 0.25) is 0 Å². The number of rotatable bonds is 3. The standard InChI is InChI=1S/C9H13FNSi/c1-8(2)11-12(10)9-6-4-3-5-7-9/h3-8,11H,1-2H3. The van der Waals surface area contributed by atoms with Gasteiger partial charge in [0.2, 0.25) is 0 Å². The van der Waals surface area contributed by atoms with Crippen LogP contribution in [-0.4, -0.2) is 15.3 Å². The van der Waals surface area contributed by atoms with Crippen LogP contribution in [0.15, 0.2) is 30.3 Å². The Balaban J connectivity index is 2.59. The molecule has 1 rings (SSSR count). The Morgan fingerprint density at radius 1 is 1.25 bits per heavy atom. The minimum absolute atomic E-state index is 0.212. The SMILES string of the molecule is CC(C)N[Si](F)c1ccccc1.